The molecule has 110 valence electrons. The summed E-state index contributed by atoms with van der Waals surface area (Å²) in [4.78, 5) is 10.9. The lowest BCUT2D eigenvalue weighted by Gasteiger charge is -2.28. The number of rotatable bonds is 5. The van der Waals surface area contributed by atoms with E-state index in [1.165, 1.54) is 6.07 Å². The van der Waals surface area contributed by atoms with Crippen LogP contribution < -0.4 is 10.1 Å². The van der Waals surface area contributed by atoms with Crippen molar-refractivity contribution >= 4 is 11.7 Å². The molecular weight excluding hydrogens is 268 g/mol. The van der Waals surface area contributed by atoms with Gasteiger partial charge in [0.05, 0.1) is 11.6 Å². The number of hydrogen-bond acceptors (Lipinski definition) is 3. The fourth-order valence-corrected chi connectivity index (χ4v) is 2.49. The molecule has 1 aromatic carbocycles. The third-order valence-electron chi connectivity index (χ3n) is 3.54. The Morgan fingerprint density at radius 1 is 1.25 bits per heavy atom. The second kappa shape index (κ2) is 6.54. The normalized spacial score (nSPS) is 22.6. The predicted molar refractivity (Wildman–Crippen MR) is 70.1 cm³/mol. The van der Waals surface area contributed by atoms with Crippen LogP contribution in [0.2, 0.25) is 0 Å². The molecule has 0 bridgehead atoms. The Bertz CT molecular complexity index is 459. The number of carbonyl (C=O) groups is 1. The Balaban J connectivity index is 1.96. The highest BCUT2D eigenvalue weighted by atomic mass is 19.3. The quantitative estimate of drug-likeness (QED) is 0.871. The molecule has 2 N–H and O–H groups in total. The summed E-state index contributed by atoms with van der Waals surface area (Å²) in [6, 6.07) is 6.62. The zero-order valence-corrected chi connectivity index (χ0v) is 10.9. The van der Waals surface area contributed by atoms with E-state index >= 15 is 0 Å². The van der Waals surface area contributed by atoms with E-state index in [9.17, 15) is 13.6 Å². The summed E-state index contributed by atoms with van der Waals surface area (Å²) in [5, 5.41) is 12.1. The Kier molecular flexibility index (Phi) is 4.76. The van der Waals surface area contributed by atoms with E-state index in [-0.39, 0.29) is 17.7 Å². The predicted octanol–water partition coefficient (Wildman–Crippen LogP) is 3.34. The summed E-state index contributed by atoms with van der Waals surface area (Å²) >= 11 is 0. The number of benzene rings is 1. The van der Waals surface area contributed by atoms with E-state index < -0.39 is 12.6 Å². The van der Waals surface area contributed by atoms with Crippen LogP contribution in [0.4, 0.5) is 14.5 Å². The first-order chi connectivity index (χ1) is 9.56. The van der Waals surface area contributed by atoms with Gasteiger partial charge in [-0.1, -0.05) is 12.1 Å². The maximum atomic E-state index is 12.3. The summed E-state index contributed by atoms with van der Waals surface area (Å²) in [5.41, 5.74) is 0.520. The first-order valence-corrected chi connectivity index (χ1v) is 6.59. The number of carboxylic acid groups (broad SMARTS) is 1. The second-order valence-electron chi connectivity index (χ2n) is 4.91. The van der Waals surface area contributed by atoms with E-state index in [0.29, 0.717) is 31.4 Å². The standard InChI is InChI=1S/C14H17F2NO3/c15-14(16)20-12-4-2-1-3-11(12)17-10-7-5-9(6-8-10)13(18)19/h1-4,9-10,14,17H,5-8H2,(H,18,19). The Hall–Kier alpha value is -1.85. The monoisotopic (exact) mass is 285 g/mol. The average molecular weight is 285 g/mol. The zero-order chi connectivity index (χ0) is 14.5. The van der Waals surface area contributed by atoms with E-state index in [2.05, 4.69) is 10.1 Å². The van der Waals surface area contributed by atoms with Gasteiger partial charge >= 0.3 is 12.6 Å². The van der Waals surface area contributed by atoms with Gasteiger partial charge in [-0.05, 0) is 37.8 Å². The van der Waals surface area contributed by atoms with Gasteiger partial charge < -0.3 is 15.2 Å². The minimum Gasteiger partial charge on any atom is -0.481 e. The average Bonchev–Trinajstić information content (AvgIpc) is 2.41. The molecule has 1 aliphatic carbocycles. The van der Waals surface area contributed by atoms with E-state index in [1.807, 2.05) is 0 Å². The molecule has 0 heterocycles. The zero-order valence-electron chi connectivity index (χ0n) is 10.9. The van der Waals surface area contributed by atoms with Gasteiger partial charge in [-0.25, -0.2) is 0 Å². The summed E-state index contributed by atoms with van der Waals surface area (Å²) < 4.78 is 29.1. The summed E-state index contributed by atoms with van der Waals surface area (Å²) in [6.45, 7) is -2.86. The smallest absolute Gasteiger partial charge is 0.387 e. The largest absolute Gasteiger partial charge is 0.481 e. The molecule has 1 aliphatic rings. The number of carboxylic acids is 1. The van der Waals surface area contributed by atoms with Gasteiger partial charge in [0.2, 0.25) is 0 Å². The Morgan fingerprint density at radius 2 is 1.90 bits per heavy atom. The molecule has 0 saturated heterocycles. The summed E-state index contributed by atoms with van der Waals surface area (Å²) in [7, 11) is 0. The van der Waals surface area contributed by atoms with E-state index in [4.69, 9.17) is 5.11 Å². The molecule has 1 aromatic rings. The van der Waals surface area contributed by atoms with Crippen LogP contribution in [0.5, 0.6) is 5.75 Å². The highest BCUT2D eigenvalue weighted by Gasteiger charge is 2.26. The van der Waals surface area contributed by atoms with Crippen molar-refractivity contribution in [1.82, 2.24) is 0 Å². The molecule has 6 heteroatoms. The van der Waals surface area contributed by atoms with Gasteiger partial charge in [-0.3, -0.25) is 4.79 Å². The van der Waals surface area contributed by atoms with Gasteiger partial charge in [-0.2, -0.15) is 8.78 Å². The molecule has 1 fully saturated rings. The lowest BCUT2D eigenvalue weighted by Crippen LogP contribution is -2.29. The van der Waals surface area contributed by atoms with Crippen molar-refractivity contribution in [3.63, 3.8) is 0 Å². The molecule has 20 heavy (non-hydrogen) atoms. The van der Waals surface area contributed by atoms with E-state index in [0.717, 1.165) is 0 Å². The summed E-state index contributed by atoms with van der Waals surface area (Å²) in [6.07, 6.45) is 2.62. The molecule has 0 radical (unpaired) electrons. The van der Waals surface area contributed by atoms with Crippen LogP contribution in [0, 0.1) is 5.92 Å². The number of halogens is 2. The number of ether oxygens (including phenoxy) is 1. The first-order valence-electron chi connectivity index (χ1n) is 6.59. The van der Waals surface area contributed by atoms with Gasteiger partial charge in [0, 0.05) is 6.04 Å². The maximum Gasteiger partial charge on any atom is 0.387 e. The van der Waals surface area contributed by atoms with E-state index in [1.54, 1.807) is 18.2 Å². The van der Waals surface area contributed by atoms with Crippen molar-refractivity contribution in [2.24, 2.45) is 5.92 Å². The second-order valence-corrected chi connectivity index (χ2v) is 4.91. The third-order valence-corrected chi connectivity index (χ3v) is 3.54. The molecule has 2 rings (SSSR count). The molecule has 0 unspecified atom stereocenters. The first kappa shape index (κ1) is 14.6. The molecule has 4 nitrogen and oxygen atoms in total. The van der Waals surface area contributed by atoms with Crippen LogP contribution >= 0.6 is 0 Å². The lowest BCUT2D eigenvalue weighted by molar-refractivity contribution is -0.142. The number of anilines is 1. The molecule has 0 amide bonds. The van der Waals surface area contributed by atoms with Gasteiger partial charge in [-0.15, -0.1) is 0 Å². The number of alkyl halides is 2. The van der Waals surface area contributed by atoms with Gasteiger partial charge in [0.1, 0.15) is 5.75 Å². The molecule has 1 saturated carbocycles. The minimum absolute atomic E-state index is 0.0908. The van der Waals surface area contributed by atoms with Crippen molar-refractivity contribution in [2.45, 2.75) is 38.3 Å². The minimum atomic E-state index is -2.86. The SMILES string of the molecule is O=C(O)C1CCC(Nc2ccccc2OC(F)F)CC1. The van der Waals surface area contributed by atoms with Crippen LogP contribution in [-0.2, 0) is 4.79 Å². The van der Waals surface area contributed by atoms with Crippen molar-refractivity contribution < 1.29 is 23.4 Å². The highest BCUT2D eigenvalue weighted by Crippen LogP contribution is 2.31. The van der Waals surface area contributed by atoms with Crippen LogP contribution in [0.1, 0.15) is 25.7 Å². The van der Waals surface area contributed by atoms with Crippen molar-refractivity contribution in [3.05, 3.63) is 24.3 Å². The van der Waals surface area contributed by atoms with Crippen molar-refractivity contribution in [3.8, 4) is 5.75 Å². The fourth-order valence-electron chi connectivity index (χ4n) is 2.49. The maximum absolute atomic E-state index is 12.3. The fraction of sp³-hybridized carbons (Fsp3) is 0.500. The number of para-hydroxylation sites is 2. The van der Waals surface area contributed by atoms with Crippen LogP contribution in [0.15, 0.2) is 24.3 Å². The topological polar surface area (TPSA) is 58.6 Å². The number of nitrogens with one attached hydrogen (secondary N) is 1. The van der Waals surface area contributed by atoms with Crippen molar-refractivity contribution in [2.75, 3.05) is 5.32 Å². The molecular formula is C14H17F2NO3. The van der Waals surface area contributed by atoms with Crippen molar-refractivity contribution in [1.29, 1.82) is 0 Å². The summed E-state index contributed by atoms with van der Waals surface area (Å²) in [5.74, 6) is -0.937. The lowest BCUT2D eigenvalue weighted by atomic mass is 9.86. The number of aliphatic carboxylic acids is 1. The van der Waals surface area contributed by atoms with Crippen LogP contribution in [-0.4, -0.2) is 23.7 Å². The van der Waals surface area contributed by atoms with Gasteiger partial charge in [0.25, 0.3) is 0 Å². The molecule has 0 aromatic heterocycles. The third kappa shape index (κ3) is 3.82. The number of hydrogen-bond donors (Lipinski definition) is 2. The Labute approximate surface area is 115 Å². The highest BCUT2D eigenvalue weighted by molar-refractivity contribution is 5.70. The molecule has 0 spiro atoms. The van der Waals surface area contributed by atoms with Crippen LogP contribution in [0.3, 0.4) is 0 Å². The van der Waals surface area contributed by atoms with Crippen LogP contribution in [0.25, 0.3) is 0 Å². The van der Waals surface area contributed by atoms with Gasteiger partial charge in [0.15, 0.2) is 0 Å². The molecule has 0 atom stereocenters. The Morgan fingerprint density at radius 3 is 2.50 bits per heavy atom. The molecule has 0 aliphatic heterocycles.